The van der Waals surface area contributed by atoms with Gasteiger partial charge in [-0.05, 0) is 89.9 Å². The van der Waals surface area contributed by atoms with Gasteiger partial charge in [0.05, 0.1) is 0 Å². The molecule has 0 spiro atoms. The van der Waals surface area contributed by atoms with Gasteiger partial charge in [0.2, 0.25) is 0 Å². The van der Waals surface area contributed by atoms with Crippen LogP contribution in [0.4, 0.5) is 0 Å². The molecule has 62 heavy (non-hydrogen) atoms. The molecule has 0 aliphatic heterocycles. The van der Waals surface area contributed by atoms with Crippen LogP contribution in [0.25, 0.3) is 0 Å². The molecular weight excluding hydrogens is 769 g/mol. The second kappa shape index (κ2) is 50.2. The Labute approximate surface area is 382 Å². The summed E-state index contributed by atoms with van der Waals surface area (Å²) < 4.78 is 16.7. The number of unbranched alkanes of at least 4 members (excludes halogenated alkanes) is 21. The second-order valence-corrected chi connectivity index (χ2v) is 16.7. The van der Waals surface area contributed by atoms with E-state index >= 15 is 0 Å². The zero-order valence-electron chi connectivity index (χ0n) is 40.4. The van der Waals surface area contributed by atoms with Crippen LogP contribution in [0.1, 0.15) is 233 Å². The zero-order chi connectivity index (χ0) is 45.1. The highest BCUT2D eigenvalue weighted by Gasteiger charge is 2.19. The molecule has 0 saturated carbocycles. The van der Waals surface area contributed by atoms with E-state index in [9.17, 15) is 14.4 Å². The lowest BCUT2D eigenvalue weighted by Crippen LogP contribution is -2.30. The van der Waals surface area contributed by atoms with E-state index in [1.165, 1.54) is 83.5 Å². The van der Waals surface area contributed by atoms with Crippen LogP contribution in [0.15, 0.2) is 85.1 Å². The Morgan fingerprint density at radius 1 is 0.355 bits per heavy atom. The molecule has 0 aromatic carbocycles. The van der Waals surface area contributed by atoms with Gasteiger partial charge in [0, 0.05) is 19.3 Å². The fraction of sp³-hybridized carbons (Fsp3) is 0.696. The normalized spacial score (nSPS) is 12.8. The molecule has 6 nitrogen and oxygen atoms in total. The van der Waals surface area contributed by atoms with Crippen LogP contribution in [0, 0.1) is 0 Å². The third-order valence-corrected chi connectivity index (χ3v) is 10.7. The van der Waals surface area contributed by atoms with E-state index in [0.717, 1.165) is 109 Å². The summed E-state index contributed by atoms with van der Waals surface area (Å²) in [5, 5.41) is 0. The van der Waals surface area contributed by atoms with Crippen LogP contribution >= 0.6 is 0 Å². The standard InChI is InChI=1S/C56H94O6/c1-4-7-10-13-16-19-21-23-25-27-28-29-31-32-34-37-40-43-46-49-55(58)61-52-53(51-60-54(57)48-45-42-39-36-18-15-12-9-6-3)62-56(59)50-47-44-41-38-35-33-30-26-24-22-20-17-14-11-8-5-2/h7,10,16,19,23,25-26,28-30,32-35,53H,4-6,8-9,11-15,17-18,20-22,24,27,31,36-52H2,1-3H3/b10-7-,19-16-,25-23-,29-28-,30-26-,34-32-,35-33-. The summed E-state index contributed by atoms with van der Waals surface area (Å²) >= 11 is 0. The number of allylic oxidation sites excluding steroid dienone is 14. The van der Waals surface area contributed by atoms with Crippen molar-refractivity contribution in [1.82, 2.24) is 0 Å². The van der Waals surface area contributed by atoms with Crippen LogP contribution in [-0.4, -0.2) is 37.2 Å². The van der Waals surface area contributed by atoms with Crippen molar-refractivity contribution in [3.63, 3.8) is 0 Å². The lowest BCUT2D eigenvalue weighted by Gasteiger charge is -2.18. The Bertz CT molecular complexity index is 1220. The first kappa shape index (κ1) is 58.6. The summed E-state index contributed by atoms with van der Waals surface area (Å²) in [6.45, 7) is 6.44. The molecule has 0 bridgehead atoms. The molecule has 0 N–H and O–H groups in total. The largest absolute Gasteiger partial charge is 0.462 e. The van der Waals surface area contributed by atoms with Crippen molar-refractivity contribution in [2.24, 2.45) is 0 Å². The molecule has 0 radical (unpaired) electrons. The topological polar surface area (TPSA) is 78.9 Å². The number of carbonyl (C=O) groups excluding carboxylic acids is 3. The highest BCUT2D eigenvalue weighted by Crippen LogP contribution is 2.13. The van der Waals surface area contributed by atoms with Gasteiger partial charge in [0.1, 0.15) is 13.2 Å². The van der Waals surface area contributed by atoms with E-state index in [-0.39, 0.29) is 37.5 Å². The molecule has 0 heterocycles. The zero-order valence-corrected chi connectivity index (χ0v) is 40.4. The molecule has 0 saturated heterocycles. The minimum atomic E-state index is -0.801. The van der Waals surface area contributed by atoms with E-state index in [4.69, 9.17) is 14.2 Å². The summed E-state index contributed by atoms with van der Waals surface area (Å²) in [7, 11) is 0. The molecule has 0 aromatic heterocycles. The average molecular weight is 863 g/mol. The van der Waals surface area contributed by atoms with Crippen molar-refractivity contribution in [2.75, 3.05) is 13.2 Å². The fourth-order valence-electron chi connectivity index (χ4n) is 6.81. The average Bonchev–Trinajstić information content (AvgIpc) is 3.27. The van der Waals surface area contributed by atoms with Crippen LogP contribution in [0.5, 0.6) is 0 Å². The van der Waals surface area contributed by atoms with Gasteiger partial charge in [-0.1, -0.05) is 209 Å². The number of esters is 3. The Balaban J connectivity index is 4.44. The fourth-order valence-corrected chi connectivity index (χ4v) is 6.81. The highest BCUT2D eigenvalue weighted by molar-refractivity contribution is 5.71. The van der Waals surface area contributed by atoms with Crippen molar-refractivity contribution in [2.45, 2.75) is 239 Å². The number of carbonyl (C=O) groups is 3. The van der Waals surface area contributed by atoms with E-state index in [0.29, 0.717) is 12.8 Å². The predicted molar refractivity (Wildman–Crippen MR) is 265 cm³/mol. The molecule has 0 aromatic rings. The van der Waals surface area contributed by atoms with Crippen molar-refractivity contribution in [1.29, 1.82) is 0 Å². The second-order valence-electron chi connectivity index (χ2n) is 16.7. The first-order valence-corrected chi connectivity index (χ1v) is 25.6. The minimum Gasteiger partial charge on any atom is -0.462 e. The summed E-state index contributed by atoms with van der Waals surface area (Å²) in [5.74, 6) is -0.962. The Hall–Kier alpha value is -3.41. The molecule has 0 amide bonds. The van der Waals surface area contributed by atoms with E-state index in [2.05, 4.69) is 106 Å². The predicted octanol–water partition coefficient (Wildman–Crippen LogP) is 16.8. The maximum atomic E-state index is 12.8. The van der Waals surface area contributed by atoms with Crippen molar-refractivity contribution in [3.05, 3.63) is 85.1 Å². The SMILES string of the molecule is CC/C=C\C/C=C\C/C=C\C/C=C\C/C=C\CCCCCC(=O)OCC(COC(=O)CCCCCCCCCCC)OC(=O)CCCCC/C=C\C=C/CCCCCCCCC. The molecule has 6 heteroatoms. The van der Waals surface area contributed by atoms with Gasteiger partial charge in [-0.15, -0.1) is 0 Å². The molecule has 1 atom stereocenters. The quantitative estimate of drug-likeness (QED) is 0.0199. The molecule has 0 aliphatic rings. The maximum absolute atomic E-state index is 12.8. The van der Waals surface area contributed by atoms with Crippen LogP contribution in [0.2, 0.25) is 0 Å². The molecule has 0 aliphatic carbocycles. The van der Waals surface area contributed by atoms with Crippen LogP contribution in [-0.2, 0) is 28.6 Å². The summed E-state index contributed by atoms with van der Waals surface area (Å²) in [6.07, 6.45) is 64.3. The van der Waals surface area contributed by atoms with Gasteiger partial charge in [0.25, 0.3) is 0 Å². The van der Waals surface area contributed by atoms with Crippen molar-refractivity contribution < 1.29 is 28.6 Å². The molecule has 0 fully saturated rings. The summed E-state index contributed by atoms with van der Waals surface area (Å²) in [6, 6.07) is 0. The van der Waals surface area contributed by atoms with E-state index in [1.54, 1.807) is 0 Å². The third kappa shape index (κ3) is 47.6. The minimum absolute atomic E-state index is 0.0974. The van der Waals surface area contributed by atoms with Gasteiger partial charge in [-0.2, -0.15) is 0 Å². The van der Waals surface area contributed by atoms with Crippen molar-refractivity contribution >= 4 is 17.9 Å². The van der Waals surface area contributed by atoms with Crippen LogP contribution < -0.4 is 0 Å². The first-order valence-electron chi connectivity index (χ1n) is 25.6. The molecule has 0 rings (SSSR count). The number of hydrogen-bond acceptors (Lipinski definition) is 6. The number of rotatable bonds is 45. The van der Waals surface area contributed by atoms with E-state index < -0.39 is 6.10 Å². The lowest BCUT2D eigenvalue weighted by molar-refractivity contribution is -0.167. The maximum Gasteiger partial charge on any atom is 0.306 e. The van der Waals surface area contributed by atoms with Gasteiger partial charge in [-0.25, -0.2) is 0 Å². The van der Waals surface area contributed by atoms with Gasteiger partial charge < -0.3 is 14.2 Å². The lowest BCUT2D eigenvalue weighted by atomic mass is 10.1. The molecule has 1 unspecified atom stereocenters. The molecule has 354 valence electrons. The monoisotopic (exact) mass is 863 g/mol. The van der Waals surface area contributed by atoms with Gasteiger partial charge in [0.15, 0.2) is 6.10 Å². The van der Waals surface area contributed by atoms with Crippen molar-refractivity contribution in [3.8, 4) is 0 Å². The first-order chi connectivity index (χ1) is 30.5. The van der Waals surface area contributed by atoms with E-state index in [1.807, 2.05) is 0 Å². The Kier molecular flexibility index (Phi) is 47.5. The summed E-state index contributed by atoms with van der Waals surface area (Å²) in [4.78, 5) is 37.9. The van der Waals surface area contributed by atoms with Crippen LogP contribution in [0.3, 0.4) is 0 Å². The Morgan fingerprint density at radius 3 is 1.10 bits per heavy atom. The van der Waals surface area contributed by atoms with Gasteiger partial charge in [-0.3, -0.25) is 14.4 Å². The van der Waals surface area contributed by atoms with Gasteiger partial charge >= 0.3 is 17.9 Å². The smallest absolute Gasteiger partial charge is 0.306 e. The number of ether oxygens (including phenoxy) is 3. The number of hydrogen-bond donors (Lipinski definition) is 0. The third-order valence-electron chi connectivity index (χ3n) is 10.7. The summed E-state index contributed by atoms with van der Waals surface area (Å²) in [5.41, 5.74) is 0. The highest BCUT2D eigenvalue weighted by atomic mass is 16.6. The Morgan fingerprint density at radius 2 is 0.677 bits per heavy atom. The molecular formula is C56H94O6.